The fourth-order valence-corrected chi connectivity index (χ4v) is 2.77. The highest BCUT2D eigenvalue weighted by molar-refractivity contribution is 6.12. The Kier molecular flexibility index (Phi) is 4.17. The zero-order chi connectivity index (χ0) is 18.2. The van der Waals surface area contributed by atoms with Crippen molar-refractivity contribution < 1.29 is 24.1 Å². The van der Waals surface area contributed by atoms with Gasteiger partial charge < -0.3 is 19.3 Å². The van der Waals surface area contributed by atoms with Crippen molar-refractivity contribution in [3.63, 3.8) is 0 Å². The minimum atomic E-state index is -0.531. The molecule has 0 aromatic heterocycles. The third kappa shape index (κ3) is 3.05. The maximum absolute atomic E-state index is 13.0. The molecule has 2 aromatic rings. The van der Waals surface area contributed by atoms with Crippen LogP contribution in [-0.2, 0) is 0 Å². The summed E-state index contributed by atoms with van der Waals surface area (Å²) in [5.74, 6) is 1.09. The molecule has 0 spiro atoms. The van der Waals surface area contributed by atoms with E-state index in [1.54, 1.807) is 31.4 Å². The van der Waals surface area contributed by atoms with Crippen molar-refractivity contribution in [3.05, 3.63) is 53.1 Å². The molecule has 2 aromatic carbocycles. The molecule has 0 saturated carbocycles. The van der Waals surface area contributed by atoms with Crippen molar-refractivity contribution in [1.29, 1.82) is 0 Å². The van der Waals surface area contributed by atoms with Crippen LogP contribution in [0, 0.1) is 0 Å². The van der Waals surface area contributed by atoms with Gasteiger partial charge in [-0.1, -0.05) is 0 Å². The van der Waals surface area contributed by atoms with Crippen LogP contribution in [0.1, 0.15) is 35.3 Å². The predicted octanol–water partition coefficient (Wildman–Crippen LogP) is 3.82. The number of ether oxygens (including phenoxy) is 3. The topological polar surface area (TPSA) is 65.0 Å². The van der Waals surface area contributed by atoms with Gasteiger partial charge in [0.05, 0.1) is 25.3 Å². The molecule has 5 nitrogen and oxygen atoms in total. The highest BCUT2D eigenvalue weighted by Crippen LogP contribution is 2.40. The van der Waals surface area contributed by atoms with E-state index in [1.165, 1.54) is 13.2 Å². The lowest BCUT2D eigenvalue weighted by molar-refractivity contribution is 0.102. The highest BCUT2D eigenvalue weighted by atomic mass is 16.5. The van der Waals surface area contributed by atoms with Crippen molar-refractivity contribution in [3.8, 4) is 23.0 Å². The van der Waals surface area contributed by atoms with E-state index in [0.717, 1.165) is 5.56 Å². The third-order valence-electron chi connectivity index (χ3n) is 4.08. The van der Waals surface area contributed by atoms with E-state index in [0.29, 0.717) is 28.4 Å². The van der Waals surface area contributed by atoms with Gasteiger partial charge in [-0.25, -0.2) is 0 Å². The van der Waals surface area contributed by atoms with Gasteiger partial charge in [0, 0.05) is 5.56 Å². The van der Waals surface area contributed by atoms with Gasteiger partial charge in [0.1, 0.15) is 17.1 Å². The quantitative estimate of drug-likeness (QED) is 0.857. The number of rotatable bonds is 4. The summed E-state index contributed by atoms with van der Waals surface area (Å²) in [6.07, 6.45) is 3.82. The van der Waals surface area contributed by atoms with E-state index in [1.807, 2.05) is 26.0 Å². The zero-order valence-electron chi connectivity index (χ0n) is 14.6. The molecule has 0 bridgehead atoms. The fourth-order valence-electron chi connectivity index (χ4n) is 2.77. The molecule has 0 unspecified atom stereocenters. The van der Waals surface area contributed by atoms with Crippen molar-refractivity contribution in [2.45, 2.75) is 19.4 Å². The van der Waals surface area contributed by atoms with Crippen LogP contribution >= 0.6 is 0 Å². The Hall–Kier alpha value is -2.95. The maximum Gasteiger partial charge on any atom is 0.196 e. The average Bonchev–Trinajstić information content (AvgIpc) is 2.59. The number of hydrogen-bond donors (Lipinski definition) is 1. The summed E-state index contributed by atoms with van der Waals surface area (Å²) < 4.78 is 16.4. The number of phenolic OH excluding ortho intramolecular Hbond substituents is 1. The van der Waals surface area contributed by atoms with Crippen molar-refractivity contribution in [1.82, 2.24) is 0 Å². The second kappa shape index (κ2) is 6.16. The SMILES string of the molecule is COc1ccc(C(=O)c2ccc(OC)c3c2OC(C)(C)C=C3)cc1O. The van der Waals surface area contributed by atoms with Crippen LogP contribution < -0.4 is 14.2 Å². The van der Waals surface area contributed by atoms with Crippen molar-refractivity contribution in [2.24, 2.45) is 0 Å². The van der Waals surface area contributed by atoms with Gasteiger partial charge in [0.2, 0.25) is 0 Å². The van der Waals surface area contributed by atoms with Gasteiger partial charge in [-0.05, 0) is 56.3 Å². The smallest absolute Gasteiger partial charge is 0.196 e. The fraction of sp³-hybridized carbons (Fsp3) is 0.250. The number of carbonyl (C=O) groups excluding carboxylic acids is 1. The van der Waals surface area contributed by atoms with Gasteiger partial charge >= 0.3 is 0 Å². The van der Waals surface area contributed by atoms with Crippen molar-refractivity contribution in [2.75, 3.05) is 14.2 Å². The molecule has 130 valence electrons. The zero-order valence-corrected chi connectivity index (χ0v) is 14.6. The molecule has 0 fully saturated rings. The average molecular weight is 340 g/mol. The first-order valence-electron chi connectivity index (χ1n) is 7.87. The third-order valence-corrected chi connectivity index (χ3v) is 4.08. The second-order valence-corrected chi connectivity index (χ2v) is 6.31. The lowest BCUT2D eigenvalue weighted by atomic mass is 9.95. The van der Waals surface area contributed by atoms with E-state index in [2.05, 4.69) is 0 Å². The lowest BCUT2D eigenvalue weighted by Crippen LogP contribution is -2.28. The van der Waals surface area contributed by atoms with E-state index in [4.69, 9.17) is 14.2 Å². The Labute approximate surface area is 146 Å². The molecule has 0 aliphatic carbocycles. The van der Waals surface area contributed by atoms with Crippen molar-refractivity contribution >= 4 is 11.9 Å². The Morgan fingerprint density at radius 3 is 2.40 bits per heavy atom. The van der Waals surface area contributed by atoms with Crippen LogP contribution in [0.2, 0.25) is 0 Å². The van der Waals surface area contributed by atoms with Crippen LogP contribution in [0.3, 0.4) is 0 Å². The van der Waals surface area contributed by atoms with Gasteiger partial charge in [-0.15, -0.1) is 0 Å². The summed E-state index contributed by atoms with van der Waals surface area (Å²) >= 11 is 0. The first kappa shape index (κ1) is 16.9. The maximum atomic E-state index is 13.0. The number of phenols is 1. The summed E-state index contributed by atoms with van der Waals surface area (Å²) in [6, 6.07) is 7.98. The molecular weight excluding hydrogens is 320 g/mol. The van der Waals surface area contributed by atoms with Gasteiger partial charge in [0.25, 0.3) is 0 Å². The minimum absolute atomic E-state index is 0.0862. The van der Waals surface area contributed by atoms with Gasteiger partial charge in [-0.3, -0.25) is 4.79 Å². The van der Waals surface area contributed by atoms with E-state index >= 15 is 0 Å². The molecule has 25 heavy (non-hydrogen) atoms. The van der Waals surface area contributed by atoms with E-state index < -0.39 is 5.60 Å². The standard InChI is InChI=1S/C20H20O5/c1-20(2)10-9-13-16(23-3)8-6-14(19(13)25-20)18(22)12-5-7-17(24-4)15(21)11-12/h5-11,21H,1-4H3. The monoisotopic (exact) mass is 340 g/mol. The number of methoxy groups -OCH3 is 2. The number of benzene rings is 2. The molecule has 3 rings (SSSR count). The number of carbonyl (C=O) groups is 1. The molecule has 0 atom stereocenters. The predicted molar refractivity (Wildman–Crippen MR) is 94.8 cm³/mol. The second-order valence-electron chi connectivity index (χ2n) is 6.31. The molecule has 1 heterocycles. The number of fused-ring (bicyclic) bond motifs is 1. The summed E-state index contributed by atoms with van der Waals surface area (Å²) in [5.41, 5.74) is 0.959. The first-order valence-corrected chi connectivity index (χ1v) is 7.87. The Balaban J connectivity index is 2.10. The number of hydrogen-bond acceptors (Lipinski definition) is 5. The molecule has 1 aliphatic rings. The summed E-state index contributed by atoms with van der Waals surface area (Å²) in [6.45, 7) is 3.83. The van der Waals surface area contributed by atoms with Crippen LogP contribution in [0.4, 0.5) is 0 Å². The lowest BCUT2D eigenvalue weighted by Gasteiger charge is -2.30. The molecule has 0 radical (unpaired) electrons. The molecular formula is C20H20O5. The molecule has 1 aliphatic heterocycles. The molecule has 5 heteroatoms. The van der Waals surface area contributed by atoms with Crippen LogP contribution in [0.25, 0.3) is 6.08 Å². The Morgan fingerprint density at radius 1 is 1.08 bits per heavy atom. The minimum Gasteiger partial charge on any atom is -0.504 e. The Morgan fingerprint density at radius 2 is 1.76 bits per heavy atom. The summed E-state index contributed by atoms with van der Waals surface area (Å²) in [4.78, 5) is 13.0. The Bertz CT molecular complexity index is 865. The summed E-state index contributed by atoms with van der Waals surface area (Å²) in [7, 11) is 3.03. The summed E-state index contributed by atoms with van der Waals surface area (Å²) in [5, 5.41) is 9.95. The number of ketones is 1. The van der Waals surface area contributed by atoms with Crippen LogP contribution in [0.5, 0.6) is 23.0 Å². The van der Waals surface area contributed by atoms with Gasteiger partial charge in [-0.2, -0.15) is 0 Å². The van der Waals surface area contributed by atoms with Crippen LogP contribution in [-0.4, -0.2) is 30.7 Å². The number of aromatic hydroxyl groups is 1. The van der Waals surface area contributed by atoms with Crippen LogP contribution in [0.15, 0.2) is 36.4 Å². The molecule has 0 amide bonds. The van der Waals surface area contributed by atoms with E-state index in [9.17, 15) is 9.90 Å². The van der Waals surface area contributed by atoms with E-state index in [-0.39, 0.29) is 11.5 Å². The first-order chi connectivity index (χ1) is 11.9. The molecule has 1 N–H and O–H groups in total. The largest absolute Gasteiger partial charge is 0.504 e. The van der Waals surface area contributed by atoms with Gasteiger partial charge in [0.15, 0.2) is 17.3 Å². The normalized spacial score (nSPS) is 14.4. The highest BCUT2D eigenvalue weighted by Gasteiger charge is 2.29. The molecule has 0 saturated heterocycles.